The van der Waals surface area contributed by atoms with Crippen LogP contribution >= 0.6 is 0 Å². The van der Waals surface area contributed by atoms with Crippen molar-refractivity contribution in [3.8, 4) is 5.75 Å². The number of nitrogens with one attached hydrogen (secondary N) is 2. The lowest BCUT2D eigenvalue weighted by Gasteiger charge is -2.26. The molecule has 0 aliphatic rings. The summed E-state index contributed by atoms with van der Waals surface area (Å²) in [4.78, 5) is 14.3. The van der Waals surface area contributed by atoms with E-state index in [1.54, 1.807) is 19.2 Å². The summed E-state index contributed by atoms with van der Waals surface area (Å²) in [6.07, 6.45) is -0.662. The van der Waals surface area contributed by atoms with E-state index in [9.17, 15) is 9.90 Å². The number of amides is 2. The Morgan fingerprint density at radius 2 is 1.77 bits per heavy atom. The first-order valence-corrected chi connectivity index (χ1v) is 8.57. The van der Waals surface area contributed by atoms with Crippen LogP contribution in [-0.2, 0) is 0 Å². The van der Waals surface area contributed by atoms with Crippen molar-refractivity contribution in [3.63, 3.8) is 0 Å². The van der Waals surface area contributed by atoms with Gasteiger partial charge in [0.05, 0.1) is 18.9 Å². The summed E-state index contributed by atoms with van der Waals surface area (Å²) >= 11 is 0. The molecule has 2 aromatic carbocycles. The summed E-state index contributed by atoms with van der Waals surface area (Å²) < 4.78 is 5.23. The second kappa shape index (κ2) is 9.79. The molecule has 2 aromatic rings. The number of carbonyl (C=O) groups excluding carboxylic acids is 1. The summed E-state index contributed by atoms with van der Waals surface area (Å²) in [6.45, 7) is 0.986. The van der Waals surface area contributed by atoms with Gasteiger partial charge in [-0.3, -0.25) is 0 Å². The first-order chi connectivity index (χ1) is 12.5. The third-order valence-corrected chi connectivity index (χ3v) is 4.07. The van der Waals surface area contributed by atoms with Crippen LogP contribution in [0.4, 0.5) is 10.5 Å². The smallest absolute Gasteiger partial charge is 0.319 e. The highest BCUT2D eigenvalue weighted by atomic mass is 16.5. The van der Waals surface area contributed by atoms with E-state index in [-0.39, 0.29) is 11.9 Å². The molecule has 0 unspecified atom stereocenters. The lowest BCUT2D eigenvalue weighted by molar-refractivity contribution is 0.0911. The number of methoxy groups -OCH3 is 1. The summed E-state index contributed by atoms with van der Waals surface area (Å²) in [5.41, 5.74) is 1.44. The maximum Gasteiger partial charge on any atom is 0.319 e. The number of rotatable bonds is 8. The fourth-order valence-corrected chi connectivity index (χ4v) is 2.81. The SMILES string of the molecule is COc1ccccc1NC(=O)NC[C@@H](CN(C)C)[C@H](O)c1ccccc1. The Kier molecular flexibility index (Phi) is 7.44. The van der Waals surface area contributed by atoms with E-state index in [0.717, 1.165) is 5.56 Å². The van der Waals surface area contributed by atoms with Crippen LogP contribution in [0.3, 0.4) is 0 Å². The summed E-state index contributed by atoms with van der Waals surface area (Å²) in [7, 11) is 5.45. The first kappa shape index (κ1) is 19.8. The summed E-state index contributed by atoms with van der Waals surface area (Å²) in [6, 6.07) is 16.4. The molecule has 6 nitrogen and oxygen atoms in total. The van der Waals surface area contributed by atoms with E-state index in [0.29, 0.717) is 24.5 Å². The Hall–Kier alpha value is -2.57. The second-order valence-electron chi connectivity index (χ2n) is 6.41. The minimum absolute atomic E-state index is 0.143. The lowest BCUT2D eigenvalue weighted by Crippen LogP contribution is -2.39. The fourth-order valence-electron chi connectivity index (χ4n) is 2.81. The highest BCUT2D eigenvalue weighted by Gasteiger charge is 2.22. The average Bonchev–Trinajstić information content (AvgIpc) is 2.65. The van der Waals surface area contributed by atoms with Crippen molar-refractivity contribution in [3.05, 3.63) is 60.2 Å². The van der Waals surface area contributed by atoms with E-state index < -0.39 is 6.10 Å². The molecular formula is C20H27N3O3. The van der Waals surface area contributed by atoms with Gasteiger partial charge in [-0.15, -0.1) is 0 Å². The molecule has 0 fully saturated rings. The topological polar surface area (TPSA) is 73.8 Å². The number of carbonyl (C=O) groups is 1. The number of para-hydroxylation sites is 2. The Labute approximate surface area is 154 Å². The van der Waals surface area contributed by atoms with E-state index in [4.69, 9.17) is 4.74 Å². The number of ether oxygens (including phenoxy) is 1. The van der Waals surface area contributed by atoms with Gasteiger partial charge < -0.3 is 25.4 Å². The normalized spacial score (nSPS) is 13.1. The lowest BCUT2D eigenvalue weighted by atomic mass is 9.95. The van der Waals surface area contributed by atoms with Gasteiger partial charge in [0.1, 0.15) is 5.75 Å². The van der Waals surface area contributed by atoms with Crippen molar-refractivity contribution in [2.75, 3.05) is 39.6 Å². The number of hydrogen-bond acceptors (Lipinski definition) is 4. The minimum Gasteiger partial charge on any atom is -0.495 e. The fraction of sp³-hybridized carbons (Fsp3) is 0.350. The van der Waals surface area contributed by atoms with Gasteiger partial charge in [-0.1, -0.05) is 42.5 Å². The highest BCUT2D eigenvalue weighted by molar-refractivity contribution is 5.90. The van der Waals surface area contributed by atoms with Gasteiger partial charge in [0.25, 0.3) is 0 Å². The molecule has 0 saturated carbocycles. The van der Waals surface area contributed by atoms with Crippen LogP contribution in [0.1, 0.15) is 11.7 Å². The molecule has 3 N–H and O–H groups in total. The molecule has 140 valence electrons. The second-order valence-corrected chi connectivity index (χ2v) is 6.41. The molecule has 0 saturated heterocycles. The maximum absolute atomic E-state index is 12.3. The van der Waals surface area contributed by atoms with Crippen LogP contribution in [0, 0.1) is 5.92 Å². The number of hydrogen-bond donors (Lipinski definition) is 3. The van der Waals surface area contributed by atoms with Gasteiger partial charge in [0.2, 0.25) is 0 Å². The zero-order chi connectivity index (χ0) is 18.9. The quantitative estimate of drug-likeness (QED) is 0.679. The zero-order valence-electron chi connectivity index (χ0n) is 15.5. The van der Waals surface area contributed by atoms with Gasteiger partial charge >= 0.3 is 6.03 Å². The Balaban J connectivity index is 1.99. The van der Waals surface area contributed by atoms with Crippen molar-refractivity contribution < 1.29 is 14.6 Å². The van der Waals surface area contributed by atoms with E-state index in [1.165, 1.54) is 0 Å². The summed E-state index contributed by atoms with van der Waals surface area (Å²) in [5.74, 6) is 0.452. The van der Waals surface area contributed by atoms with Crippen molar-refractivity contribution in [1.82, 2.24) is 10.2 Å². The molecule has 0 radical (unpaired) electrons. The van der Waals surface area contributed by atoms with Crippen LogP contribution in [0.15, 0.2) is 54.6 Å². The third kappa shape index (κ3) is 5.75. The van der Waals surface area contributed by atoms with Gasteiger partial charge in [0, 0.05) is 19.0 Å². The van der Waals surface area contributed by atoms with Crippen LogP contribution in [0.2, 0.25) is 0 Å². The number of aliphatic hydroxyl groups is 1. The molecule has 0 heterocycles. The Morgan fingerprint density at radius 3 is 2.42 bits per heavy atom. The molecule has 0 aliphatic carbocycles. The predicted octanol–water partition coefficient (Wildman–Crippen LogP) is 2.73. The number of benzene rings is 2. The number of urea groups is 1. The van der Waals surface area contributed by atoms with E-state index >= 15 is 0 Å². The Morgan fingerprint density at radius 1 is 1.12 bits per heavy atom. The van der Waals surface area contributed by atoms with Crippen molar-refractivity contribution in [2.24, 2.45) is 5.92 Å². The van der Waals surface area contributed by atoms with Crippen LogP contribution in [0.25, 0.3) is 0 Å². The first-order valence-electron chi connectivity index (χ1n) is 8.57. The van der Waals surface area contributed by atoms with E-state index in [1.807, 2.05) is 61.5 Å². The molecule has 26 heavy (non-hydrogen) atoms. The molecule has 2 rings (SSSR count). The van der Waals surface area contributed by atoms with Gasteiger partial charge in [0.15, 0.2) is 0 Å². The molecule has 0 aliphatic heterocycles. The minimum atomic E-state index is -0.662. The number of aliphatic hydroxyl groups excluding tert-OH is 1. The standard InChI is InChI=1S/C20H27N3O3/c1-23(2)14-16(19(24)15-9-5-4-6-10-15)13-21-20(25)22-17-11-7-8-12-18(17)26-3/h4-12,16,19,24H,13-14H2,1-3H3,(H2,21,22,25)/t16-,19+/m0/s1. The molecule has 0 spiro atoms. The van der Waals surface area contributed by atoms with Crippen LogP contribution in [-0.4, -0.2) is 50.3 Å². The van der Waals surface area contributed by atoms with Gasteiger partial charge in [-0.05, 0) is 31.8 Å². The molecule has 6 heteroatoms. The van der Waals surface area contributed by atoms with Crippen LogP contribution < -0.4 is 15.4 Å². The number of anilines is 1. The van der Waals surface area contributed by atoms with E-state index in [2.05, 4.69) is 10.6 Å². The highest BCUT2D eigenvalue weighted by Crippen LogP contribution is 2.24. The molecule has 2 atom stereocenters. The zero-order valence-corrected chi connectivity index (χ0v) is 15.5. The average molecular weight is 357 g/mol. The monoisotopic (exact) mass is 357 g/mol. The predicted molar refractivity (Wildman–Crippen MR) is 103 cm³/mol. The third-order valence-electron chi connectivity index (χ3n) is 4.07. The van der Waals surface area contributed by atoms with Gasteiger partial charge in [-0.25, -0.2) is 4.79 Å². The molecule has 0 aromatic heterocycles. The molecule has 2 amide bonds. The van der Waals surface area contributed by atoms with Crippen molar-refractivity contribution >= 4 is 11.7 Å². The largest absolute Gasteiger partial charge is 0.495 e. The number of nitrogens with zero attached hydrogens (tertiary/aromatic N) is 1. The van der Waals surface area contributed by atoms with Crippen molar-refractivity contribution in [2.45, 2.75) is 6.10 Å². The Bertz CT molecular complexity index is 692. The summed E-state index contributed by atoms with van der Waals surface area (Å²) in [5, 5.41) is 16.3. The molecular weight excluding hydrogens is 330 g/mol. The van der Waals surface area contributed by atoms with Crippen molar-refractivity contribution in [1.29, 1.82) is 0 Å². The maximum atomic E-state index is 12.3. The van der Waals surface area contributed by atoms with Crippen LogP contribution in [0.5, 0.6) is 5.75 Å². The molecule has 0 bridgehead atoms. The van der Waals surface area contributed by atoms with Gasteiger partial charge in [-0.2, -0.15) is 0 Å².